The van der Waals surface area contributed by atoms with Gasteiger partial charge >= 0.3 is 0 Å². The average Bonchev–Trinajstić information content (AvgIpc) is 3.25. The van der Waals surface area contributed by atoms with E-state index < -0.39 is 29.7 Å². The topological polar surface area (TPSA) is 104 Å². The largest absolute Gasteiger partial charge is 0.336 e. The van der Waals surface area contributed by atoms with E-state index in [2.05, 4.69) is 5.32 Å². The number of benzene rings is 1. The van der Waals surface area contributed by atoms with Crippen molar-refractivity contribution in [2.45, 2.75) is 51.1 Å². The van der Waals surface area contributed by atoms with E-state index in [1.165, 1.54) is 12.1 Å². The van der Waals surface area contributed by atoms with Gasteiger partial charge in [-0.05, 0) is 43.9 Å². The van der Waals surface area contributed by atoms with Gasteiger partial charge in [0, 0.05) is 24.6 Å². The smallest absolute Gasteiger partial charge is 0.262 e. The molecular formula is C20H21N3O5. The number of rotatable bonds is 3. The summed E-state index contributed by atoms with van der Waals surface area (Å²) >= 11 is 0. The van der Waals surface area contributed by atoms with E-state index in [1.54, 1.807) is 6.07 Å². The van der Waals surface area contributed by atoms with Crippen molar-refractivity contribution in [1.82, 2.24) is 15.1 Å². The molecule has 0 spiro atoms. The summed E-state index contributed by atoms with van der Waals surface area (Å²) in [7, 11) is 0. The van der Waals surface area contributed by atoms with E-state index in [4.69, 9.17) is 0 Å². The summed E-state index contributed by atoms with van der Waals surface area (Å²) in [6.45, 7) is 2.72. The van der Waals surface area contributed by atoms with Gasteiger partial charge in [0.15, 0.2) is 0 Å². The number of hydrogen-bond donors (Lipinski definition) is 1. The molecule has 0 aromatic heterocycles. The van der Waals surface area contributed by atoms with Crippen molar-refractivity contribution >= 4 is 29.5 Å². The van der Waals surface area contributed by atoms with Gasteiger partial charge in [-0.1, -0.05) is 6.92 Å². The third-order valence-electron chi connectivity index (χ3n) is 5.80. The molecule has 1 aromatic carbocycles. The van der Waals surface area contributed by atoms with Crippen LogP contribution in [0.3, 0.4) is 0 Å². The number of carbonyl (C=O) groups excluding carboxylic acids is 5. The number of carbonyl (C=O) groups is 5. The van der Waals surface area contributed by atoms with Crippen LogP contribution in [0.2, 0.25) is 0 Å². The second-order valence-electron chi connectivity index (χ2n) is 7.41. The first-order valence-electron chi connectivity index (χ1n) is 9.59. The lowest BCUT2D eigenvalue weighted by atomic mass is 10.0. The Bertz CT molecular complexity index is 909. The Morgan fingerprint density at radius 3 is 2.57 bits per heavy atom. The number of likely N-dealkylation sites (tertiary alicyclic amines) is 1. The Labute approximate surface area is 161 Å². The van der Waals surface area contributed by atoms with Crippen molar-refractivity contribution in [2.75, 3.05) is 6.54 Å². The summed E-state index contributed by atoms with van der Waals surface area (Å²) in [5, 5.41) is 2.17. The molecule has 2 fully saturated rings. The number of nitrogens with one attached hydrogen (secondary N) is 1. The zero-order valence-corrected chi connectivity index (χ0v) is 15.6. The first kappa shape index (κ1) is 18.3. The van der Waals surface area contributed by atoms with E-state index in [9.17, 15) is 24.0 Å². The summed E-state index contributed by atoms with van der Waals surface area (Å²) < 4.78 is 0. The maximum atomic E-state index is 12.9. The minimum Gasteiger partial charge on any atom is -0.336 e. The van der Waals surface area contributed by atoms with Crippen molar-refractivity contribution in [1.29, 1.82) is 0 Å². The van der Waals surface area contributed by atoms with Crippen LogP contribution in [0, 0.1) is 0 Å². The van der Waals surface area contributed by atoms with Gasteiger partial charge in [-0.25, -0.2) is 0 Å². The standard InChI is InChI=1S/C20H21N3O5/c1-2-12-4-3-9-22(12)18(26)11-5-6-13-14(10-11)20(28)23(19(13)27)15-7-8-16(24)21-17(15)25/h5-6,10,12,15H,2-4,7-9H2,1H3,(H,21,24,25). The Morgan fingerprint density at radius 2 is 1.86 bits per heavy atom. The van der Waals surface area contributed by atoms with Crippen molar-refractivity contribution in [3.8, 4) is 0 Å². The molecule has 2 saturated heterocycles. The van der Waals surface area contributed by atoms with Crippen LogP contribution in [0.15, 0.2) is 18.2 Å². The molecule has 3 aliphatic rings. The molecule has 0 bridgehead atoms. The molecule has 3 aliphatic heterocycles. The molecule has 1 aromatic rings. The van der Waals surface area contributed by atoms with Crippen LogP contribution < -0.4 is 5.32 Å². The van der Waals surface area contributed by atoms with Gasteiger partial charge in [0.25, 0.3) is 17.7 Å². The van der Waals surface area contributed by atoms with Crippen LogP contribution in [-0.4, -0.2) is 58.0 Å². The number of nitrogens with zero attached hydrogens (tertiary/aromatic N) is 2. The van der Waals surface area contributed by atoms with Crippen LogP contribution in [0.5, 0.6) is 0 Å². The van der Waals surface area contributed by atoms with Crippen LogP contribution in [0.4, 0.5) is 0 Å². The number of amides is 5. The predicted molar refractivity (Wildman–Crippen MR) is 97.5 cm³/mol. The number of piperidine rings is 1. The van der Waals surface area contributed by atoms with Crippen molar-refractivity contribution in [3.63, 3.8) is 0 Å². The molecule has 0 radical (unpaired) electrons. The summed E-state index contributed by atoms with van der Waals surface area (Å²) in [4.78, 5) is 64.7. The Hall–Kier alpha value is -3.03. The molecule has 3 heterocycles. The maximum absolute atomic E-state index is 12.9. The minimum atomic E-state index is -1.01. The van der Waals surface area contributed by atoms with Crippen LogP contribution in [-0.2, 0) is 9.59 Å². The molecule has 2 atom stereocenters. The zero-order chi connectivity index (χ0) is 20.0. The first-order chi connectivity index (χ1) is 13.4. The summed E-state index contributed by atoms with van der Waals surface area (Å²) in [6.07, 6.45) is 2.97. The Kier molecular flexibility index (Phi) is 4.49. The van der Waals surface area contributed by atoms with Crippen LogP contribution in [0.25, 0.3) is 0 Å². The maximum Gasteiger partial charge on any atom is 0.262 e. The molecule has 8 heteroatoms. The average molecular weight is 383 g/mol. The third kappa shape index (κ3) is 2.80. The highest BCUT2D eigenvalue weighted by Crippen LogP contribution is 2.29. The minimum absolute atomic E-state index is 0.0704. The quantitative estimate of drug-likeness (QED) is 0.788. The van der Waals surface area contributed by atoms with Crippen molar-refractivity contribution < 1.29 is 24.0 Å². The molecule has 4 rings (SSSR count). The summed E-state index contributed by atoms with van der Waals surface area (Å²) in [5.74, 6) is -2.38. The highest BCUT2D eigenvalue weighted by atomic mass is 16.2. The van der Waals surface area contributed by atoms with Gasteiger partial charge in [-0.15, -0.1) is 0 Å². The Balaban J connectivity index is 1.62. The highest BCUT2D eigenvalue weighted by molar-refractivity contribution is 6.24. The van der Waals surface area contributed by atoms with Gasteiger partial charge in [-0.3, -0.25) is 34.2 Å². The molecule has 28 heavy (non-hydrogen) atoms. The number of fused-ring (bicyclic) bond motifs is 1. The monoisotopic (exact) mass is 383 g/mol. The number of hydrogen-bond acceptors (Lipinski definition) is 5. The van der Waals surface area contributed by atoms with Crippen LogP contribution in [0.1, 0.15) is 70.1 Å². The lowest BCUT2D eigenvalue weighted by Crippen LogP contribution is -2.54. The second kappa shape index (κ2) is 6.85. The van der Waals surface area contributed by atoms with Gasteiger partial charge in [0.2, 0.25) is 11.8 Å². The molecule has 1 N–H and O–H groups in total. The molecular weight excluding hydrogens is 362 g/mol. The molecule has 8 nitrogen and oxygen atoms in total. The number of imide groups is 2. The van der Waals surface area contributed by atoms with E-state index in [0.717, 1.165) is 24.2 Å². The van der Waals surface area contributed by atoms with E-state index in [1.807, 2.05) is 11.8 Å². The van der Waals surface area contributed by atoms with Gasteiger partial charge < -0.3 is 4.90 Å². The molecule has 146 valence electrons. The van der Waals surface area contributed by atoms with Gasteiger partial charge in [0.1, 0.15) is 6.04 Å². The molecule has 0 aliphatic carbocycles. The predicted octanol–water partition coefficient (Wildman–Crippen LogP) is 1.10. The highest BCUT2D eigenvalue weighted by Gasteiger charge is 2.45. The van der Waals surface area contributed by atoms with Crippen LogP contribution >= 0.6 is 0 Å². The fraction of sp³-hybridized carbons (Fsp3) is 0.450. The van der Waals surface area contributed by atoms with Gasteiger partial charge in [0.05, 0.1) is 11.1 Å². The fourth-order valence-electron chi connectivity index (χ4n) is 4.30. The lowest BCUT2D eigenvalue weighted by molar-refractivity contribution is -0.136. The summed E-state index contributed by atoms with van der Waals surface area (Å²) in [5.41, 5.74) is 0.679. The normalized spacial score (nSPS) is 24.6. The van der Waals surface area contributed by atoms with Crippen molar-refractivity contribution in [3.05, 3.63) is 34.9 Å². The molecule has 0 saturated carbocycles. The molecule has 2 unspecified atom stereocenters. The fourth-order valence-corrected chi connectivity index (χ4v) is 4.30. The van der Waals surface area contributed by atoms with Crippen molar-refractivity contribution in [2.24, 2.45) is 0 Å². The first-order valence-corrected chi connectivity index (χ1v) is 9.59. The second-order valence-corrected chi connectivity index (χ2v) is 7.41. The third-order valence-corrected chi connectivity index (χ3v) is 5.80. The van der Waals surface area contributed by atoms with E-state index in [0.29, 0.717) is 12.1 Å². The van der Waals surface area contributed by atoms with E-state index >= 15 is 0 Å². The lowest BCUT2D eigenvalue weighted by Gasteiger charge is -2.27. The Morgan fingerprint density at radius 1 is 1.11 bits per heavy atom. The SMILES string of the molecule is CCC1CCCN1C(=O)c1ccc2c(c1)C(=O)N(C1CCC(=O)NC1=O)C2=O. The van der Waals surface area contributed by atoms with E-state index in [-0.39, 0.29) is 35.9 Å². The zero-order valence-electron chi connectivity index (χ0n) is 15.6. The molecule has 5 amide bonds. The summed E-state index contributed by atoms with van der Waals surface area (Å²) in [6, 6.07) is 3.68. The van der Waals surface area contributed by atoms with Gasteiger partial charge in [-0.2, -0.15) is 0 Å².